The van der Waals surface area contributed by atoms with E-state index >= 15 is 0 Å². The molecule has 6 rings (SSSR count). The Bertz CT molecular complexity index is 2010. The highest BCUT2D eigenvalue weighted by Crippen LogP contribution is 2.29. The molecule has 3 aromatic heterocycles. The van der Waals surface area contributed by atoms with E-state index in [4.69, 9.17) is 9.84 Å². The Morgan fingerprint density at radius 1 is 0.951 bits per heavy atom. The predicted molar refractivity (Wildman–Crippen MR) is 161 cm³/mol. The van der Waals surface area contributed by atoms with Gasteiger partial charge in [0.05, 0.1) is 16.8 Å². The van der Waals surface area contributed by atoms with Crippen LogP contribution in [0.4, 0.5) is 0 Å². The molecule has 0 atom stereocenters. The van der Waals surface area contributed by atoms with Gasteiger partial charge in [-0.25, -0.2) is 4.68 Å². The van der Waals surface area contributed by atoms with E-state index in [9.17, 15) is 9.59 Å². The summed E-state index contributed by atoms with van der Waals surface area (Å²) in [6.45, 7) is 4.73. The summed E-state index contributed by atoms with van der Waals surface area (Å²) in [5.41, 5.74) is 4.66. The number of aromatic nitrogens is 5. The molecule has 6 aromatic rings. The highest BCUT2D eigenvalue weighted by Gasteiger charge is 2.16. The number of aryl methyl sites for hydroxylation is 1. The normalized spacial score (nSPS) is 11.8. The topological polar surface area (TPSA) is 91.4 Å². The van der Waals surface area contributed by atoms with Crippen molar-refractivity contribution in [1.29, 1.82) is 0 Å². The number of fused-ring (bicyclic) bond motifs is 1. The number of benzene rings is 3. The van der Waals surface area contributed by atoms with Gasteiger partial charge in [0.2, 0.25) is 4.96 Å². The molecular weight excluding hydrogens is 534 g/mol. The minimum Gasteiger partial charge on any atom is -0.493 e. The number of rotatable bonds is 8. The number of hydrogen-bond acceptors (Lipinski definition) is 7. The van der Waals surface area contributed by atoms with Crippen molar-refractivity contribution in [2.75, 3.05) is 6.61 Å². The second-order valence-electron chi connectivity index (χ2n) is 9.68. The molecule has 0 radical (unpaired) electrons. The van der Waals surface area contributed by atoms with Gasteiger partial charge in [-0.15, -0.1) is 0 Å². The van der Waals surface area contributed by atoms with Crippen LogP contribution in [-0.4, -0.2) is 31.0 Å². The van der Waals surface area contributed by atoms with Crippen molar-refractivity contribution in [2.45, 2.75) is 26.7 Å². The third-order valence-corrected chi connectivity index (χ3v) is 7.58. The smallest absolute Gasteiger partial charge is 0.296 e. The Hall–Kier alpha value is -4.89. The monoisotopic (exact) mass is 561 g/mol. The van der Waals surface area contributed by atoms with Crippen LogP contribution in [-0.2, 0) is 6.42 Å². The van der Waals surface area contributed by atoms with Gasteiger partial charge >= 0.3 is 0 Å². The molecule has 0 saturated carbocycles. The molecular formula is C32H27N5O3S. The lowest BCUT2D eigenvalue weighted by atomic mass is 10.0. The Balaban J connectivity index is 1.47. The Morgan fingerprint density at radius 2 is 1.71 bits per heavy atom. The van der Waals surface area contributed by atoms with Gasteiger partial charge in [-0.3, -0.25) is 9.59 Å². The molecule has 0 spiro atoms. The SMILES string of the molecule is CCCOc1ccc(-c2nn(-c3ccccc3)cc2C=c2sc3nc(=O)c(Cc4ccccc4)nn3c2=O)cc1C. The maximum atomic E-state index is 13.5. The zero-order valence-corrected chi connectivity index (χ0v) is 23.5. The molecule has 0 aliphatic heterocycles. The molecule has 0 saturated heterocycles. The second kappa shape index (κ2) is 11.3. The lowest BCUT2D eigenvalue weighted by molar-refractivity contribution is 0.315. The molecule has 0 N–H and O–H groups in total. The van der Waals surface area contributed by atoms with Crippen molar-refractivity contribution >= 4 is 22.4 Å². The summed E-state index contributed by atoms with van der Waals surface area (Å²) in [5.74, 6) is 0.836. The van der Waals surface area contributed by atoms with E-state index in [1.165, 1.54) is 4.52 Å². The first-order chi connectivity index (χ1) is 20.0. The highest BCUT2D eigenvalue weighted by atomic mass is 32.1. The van der Waals surface area contributed by atoms with E-state index in [-0.39, 0.29) is 16.2 Å². The van der Waals surface area contributed by atoms with Gasteiger partial charge in [-0.2, -0.15) is 19.7 Å². The van der Waals surface area contributed by atoms with Gasteiger partial charge in [0.15, 0.2) is 0 Å². The summed E-state index contributed by atoms with van der Waals surface area (Å²) in [4.78, 5) is 30.6. The fourth-order valence-electron chi connectivity index (χ4n) is 4.58. The van der Waals surface area contributed by atoms with Crippen molar-refractivity contribution in [3.63, 3.8) is 0 Å². The van der Waals surface area contributed by atoms with Gasteiger partial charge in [-0.05, 0) is 60.9 Å². The first kappa shape index (κ1) is 26.3. The summed E-state index contributed by atoms with van der Waals surface area (Å²) >= 11 is 1.14. The van der Waals surface area contributed by atoms with E-state index in [1.807, 2.05) is 92.0 Å². The standard InChI is InChI=1S/C32H27N5O3S/c1-3-16-40-27-15-14-23(17-21(27)2)29-24(20-36(35-29)25-12-8-5-9-13-25)19-28-31(39)37-32(41-28)33-30(38)26(34-37)18-22-10-6-4-7-11-22/h4-15,17,19-20H,3,16,18H2,1-2H3. The van der Waals surface area contributed by atoms with Gasteiger partial charge in [0.25, 0.3) is 11.1 Å². The highest BCUT2D eigenvalue weighted by molar-refractivity contribution is 7.15. The van der Waals surface area contributed by atoms with Crippen LogP contribution in [0.2, 0.25) is 0 Å². The summed E-state index contributed by atoms with van der Waals surface area (Å²) in [6.07, 6.45) is 4.92. The average Bonchev–Trinajstić information content (AvgIpc) is 3.54. The molecule has 9 heteroatoms. The maximum Gasteiger partial charge on any atom is 0.296 e. The molecule has 3 aromatic carbocycles. The van der Waals surface area contributed by atoms with E-state index in [1.54, 1.807) is 10.8 Å². The summed E-state index contributed by atoms with van der Waals surface area (Å²) in [7, 11) is 0. The molecule has 41 heavy (non-hydrogen) atoms. The zero-order chi connectivity index (χ0) is 28.3. The van der Waals surface area contributed by atoms with Crippen molar-refractivity contribution < 1.29 is 4.74 Å². The Morgan fingerprint density at radius 3 is 2.44 bits per heavy atom. The van der Waals surface area contributed by atoms with Crippen LogP contribution in [0, 0.1) is 6.92 Å². The predicted octanol–water partition coefficient (Wildman–Crippen LogP) is 4.60. The zero-order valence-electron chi connectivity index (χ0n) is 22.7. The third kappa shape index (κ3) is 5.44. The van der Waals surface area contributed by atoms with Gasteiger partial charge < -0.3 is 4.74 Å². The third-order valence-electron chi connectivity index (χ3n) is 6.62. The number of hydrogen-bond donors (Lipinski definition) is 0. The fraction of sp³-hybridized carbons (Fsp3) is 0.156. The number of nitrogens with zero attached hydrogens (tertiary/aromatic N) is 5. The largest absolute Gasteiger partial charge is 0.493 e. The van der Waals surface area contributed by atoms with Crippen LogP contribution in [0.25, 0.3) is 28.0 Å². The summed E-state index contributed by atoms with van der Waals surface area (Å²) in [5, 5.41) is 9.29. The van der Waals surface area contributed by atoms with Crippen LogP contribution in [0.15, 0.2) is 94.6 Å². The molecule has 204 valence electrons. The fourth-order valence-corrected chi connectivity index (χ4v) is 5.48. The average molecular weight is 562 g/mol. The molecule has 0 aliphatic carbocycles. The van der Waals surface area contributed by atoms with E-state index in [0.717, 1.165) is 57.1 Å². The molecule has 0 unspecified atom stereocenters. The van der Waals surface area contributed by atoms with Crippen LogP contribution in [0.5, 0.6) is 5.75 Å². The lowest BCUT2D eigenvalue weighted by Crippen LogP contribution is -2.28. The first-order valence-electron chi connectivity index (χ1n) is 13.4. The van der Waals surface area contributed by atoms with Gasteiger partial charge in [-0.1, -0.05) is 66.8 Å². The van der Waals surface area contributed by atoms with E-state index in [2.05, 4.69) is 17.0 Å². The van der Waals surface area contributed by atoms with Crippen LogP contribution in [0.3, 0.4) is 0 Å². The van der Waals surface area contributed by atoms with Crippen molar-refractivity contribution in [3.05, 3.63) is 133 Å². The summed E-state index contributed by atoms with van der Waals surface area (Å²) < 4.78 is 9.30. The van der Waals surface area contributed by atoms with Crippen LogP contribution in [0.1, 0.15) is 35.7 Å². The number of ether oxygens (including phenoxy) is 1. The molecule has 0 bridgehead atoms. The second-order valence-corrected chi connectivity index (χ2v) is 10.7. The molecule has 0 aliphatic rings. The first-order valence-corrected chi connectivity index (χ1v) is 14.2. The van der Waals surface area contributed by atoms with E-state index < -0.39 is 5.56 Å². The molecule has 0 amide bonds. The van der Waals surface area contributed by atoms with E-state index in [0.29, 0.717) is 17.6 Å². The van der Waals surface area contributed by atoms with Crippen molar-refractivity contribution in [1.82, 2.24) is 24.4 Å². The minimum atomic E-state index is -0.430. The minimum absolute atomic E-state index is 0.230. The molecule has 0 fully saturated rings. The molecule has 3 heterocycles. The van der Waals surface area contributed by atoms with Gasteiger partial charge in [0.1, 0.15) is 17.1 Å². The molecule has 8 nitrogen and oxygen atoms in total. The van der Waals surface area contributed by atoms with Gasteiger partial charge in [0, 0.05) is 23.7 Å². The number of para-hydroxylation sites is 1. The maximum absolute atomic E-state index is 13.5. The van der Waals surface area contributed by atoms with Crippen LogP contribution < -0.4 is 20.4 Å². The van der Waals surface area contributed by atoms with Crippen molar-refractivity contribution in [2.24, 2.45) is 0 Å². The van der Waals surface area contributed by atoms with Crippen molar-refractivity contribution in [3.8, 4) is 22.7 Å². The quantitative estimate of drug-likeness (QED) is 0.270. The number of thiazole rings is 1. The Kier molecular flexibility index (Phi) is 7.26. The lowest BCUT2D eigenvalue weighted by Gasteiger charge is -2.09. The summed E-state index contributed by atoms with van der Waals surface area (Å²) in [6, 6.07) is 25.3. The Labute approximate surface area is 239 Å². The van der Waals surface area contributed by atoms with Crippen LogP contribution >= 0.6 is 11.3 Å².